The molecule has 0 atom stereocenters. The number of benzene rings is 1. The van der Waals surface area contributed by atoms with Gasteiger partial charge in [-0.2, -0.15) is 5.26 Å². The highest BCUT2D eigenvalue weighted by atomic mass is 16.3. The number of phenols is 2. The molecule has 0 saturated heterocycles. The van der Waals surface area contributed by atoms with Crippen molar-refractivity contribution in [3.05, 3.63) is 24.3 Å². The molecule has 0 fully saturated rings. The van der Waals surface area contributed by atoms with Crippen LogP contribution in [0.2, 0.25) is 0 Å². The van der Waals surface area contributed by atoms with Crippen LogP contribution < -0.4 is 16.4 Å². The lowest BCUT2D eigenvalue weighted by molar-refractivity contribution is 0.234. The molecule has 8 heteroatoms. The predicted molar refractivity (Wildman–Crippen MR) is 56.6 cm³/mol. The first-order valence-corrected chi connectivity index (χ1v) is 4.19. The first kappa shape index (κ1) is 14.1. The van der Waals surface area contributed by atoms with Gasteiger partial charge in [0, 0.05) is 6.07 Å². The second-order valence-corrected chi connectivity index (χ2v) is 2.58. The third kappa shape index (κ3) is 8.07. The fourth-order valence-electron chi connectivity index (χ4n) is 0.687. The molecule has 1 rings (SSSR count). The van der Waals surface area contributed by atoms with Gasteiger partial charge in [0.1, 0.15) is 11.5 Å². The number of nitrogens with zero attached hydrogens (tertiary/aromatic N) is 1. The number of phenolic OH excluding ortho intramolecular Hbond substituents is 2. The molecule has 0 unspecified atom stereocenters. The molecule has 8 nitrogen and oxygen atoms in total. The molecular formula is C9H10N4O4. The van der Waals surface area contributed by atoms with Crippen molar-refractivity contribution in [2.45, 2.75) is 0 Å². The van der Waals surface area contributed by atoms with E-state index in [0.717, 1.165) is 0 Å². The van der Waals surface area contributed by atoms with Crippen LogP contribution in [0.5, 0.6) is 11.5 Å². The van der Waals surface area contributed by atoms with Gasteiger partial charge in [-0.3, -0.25) is 5.32 Å². The second kappa shape index (κ2) is 7.36. The van der Waals surface area contributed by atoms with E-state index in [1.807, 2.05) is 0 Å². The average molecular weight is 238 g/mol. The maximum Gasteiger partial charge on any atom is 0.336 e. The van der Waals surface area contributed by atoms with Crippen molar-refractivity contribution in [2.24, 2.45) is 5.73 Å². The Hall–Kier alpha value is -2.95. The van der Waals surface area contributed by atoms with Gasteiger partial charge in [-0.05, 0) is 12.1 Å². The van der Waals surface area contributed by atoms with Crippen LogP contribution in [0, 0.1) is 11.5 Å². The number of carbonyl (C=O) groups is 2. The van der Waals surface area contributed by atoms with Crippen molar-refractivity contribution in [3.8, 4) is 17.7 Å². The molecule has 0 radical (unpaired) electrons. The Morgan fingerprint density at radius 1 is 1.29 bits per heavy atom. The van der Waals surface area contributed by atoms with Crippen LogP contribution in [0.15, 0.2) is 24.3 Å². The number of rotatable bonds is 0. The number of nitriles is 1. The third-order valence-electron chi connectivity index (χ3n) is 1.24. The summed E-state index contributed by atoms with van der Waals surface area (Å²) in [6.07, 6.45) is 1.30. The second-order valence-electron chi connectivity index (χ2n) is 2.58. The van der Waals surface area contributed by atoms with Gasteiger partial charge in [0.15, 0.2) is 6.19 Å². The van der Waals surface area contributed by atoms with Crippen molar-refractivity contribution in [1.82, 2.24) is 10.6 Å². The van der Waals surface area contributed by atoms with Crippen molar-refractivity contribution in [2.75, 3.05) is 0 Å². The summed E-state index contributed by atoms with van der Waals surface area (Å²) in [5.41, 5.74) is 4.50. The fraction of sp³-hybridized carbons (Fsp3) is 0. The largest absolute Gasteiger partial charge is 0.508 e. The van der Waals surface area contributed by atoms with E-state index in [1.54, 1.807) is 16.7 Å². The Morgan fingerprint density at radius 2 is 1.82 bits per heavy atom. The summed E-state index contributed by atoms with van der Waals surface area (Å²) >= 11 is 0. The molecule has 4 amide bonds. The van der Waals surface area contributed by atoms with E-state index in [0.29, 0.717) is 0 Å². The molecule has 6 N–H and O–H groups in total. The van der Waals surface area contributed by atoms with E-state index in [4.69, 9.17) is 15.5 Å². The summed E-state index contributed by atoms with van der Waals surface area (Å²) in [5, 5.41) is 28.3. The lowest BCUT2D eigenvalue weighted by Gasteiger charge is -1.93. The van der Waals surface area contributed by atoms with Crippen LogP contribution in [0.4, 0.5) is 9.59 Å². The highest BCUT2D eigenvalue weighted by Crippen LogP contribution is 2.14. The molecule has 0 bridgehead atoms. The van der Waals surface area contributed by atoms with Crippen molar-refractivity contribution < 1.29 is 19.8 Å². The van der Waals surface area contributed by atoms with Gasteiger partial charge >= 0.3 is 12.1 Å². The molecule has 1 aromatic rings. The molecular weight excluding hydrogens is 228 g/mol. The Bertz CT molecular complexity index is 424. The van der Waals surface area contributed by atoms with E-state index in [9.17, 15) is 9.59 Å². The molecule has 90 valence electrons. The molecule has 0 aliphatic heterocycles. The lowest BCUT2D eigenvalue weighted by atomic mass is 10.3. The average Bonchev–Trinajstić information content (AvgIpc) is 2.16. The predicted octanol–water partition coefficient (Wildman–Crippen LogP) is -0.0568. The van der Waals surface area contributed by atoms with Crippen LogP contribution in [0.25, 0.3) is 0 Å². The van der Waals surface area contributed by atoms with E-state index >= 15 is 0 Å². The van der Waals surface area contributed by atoms with Gasteiger partial charge in [0.2, 0.25) is 0 Å². The SMILES string of the molecule is N#CNC(=O)NC(N)=O.Oc1cccc(O)c1. The number of urea groups is 2. The summed E-state index contributed by atoms with van der Waals surface area (Å²) in [7, 11) is 0. The van der Waals surface area contributed by atoms with E-state index in [1.165, 1.54) is 24.4 Å². The Kier molecular flexibility index (Phi) is 6.08. The van der Waals surface area contributed by atoms with Crippen LogP contribution in [-0.2, 0) is 0 Å². The highest BCUT2D eigenvalue weighted by molar-refractivity contribution is 5.92. The summed E-state index contributed by atoms with van der Waals surface area (Å²) < 4.78 is 0. The summed E-state index contributed by atoms with van der Waals surface area (Å²) in [6, 6.07) is 3.93. The molecule has 0 aromatic heterocycles. The first-order valence-electron chi connectivity index (χ1n) is 4.19. The number of carbonyl (C=O) groups excluding carboxylic acids is 2. The number of nitrogens with two attached hydrogens (primary N) is 1. The van der Waals surface area contributed by atoms with Gasteiger partial charge in [-0.1, -0.05) is 6.07 Å². The maximum absolute atomic E-state index is 10.1. The summed E-state index contributed by atoms with van der Waals surface area (Å²) in [6.45, 7) is 0. The van der Waals surface area contributed by atoms with Crippen LogP contribution in [-0.4, -0.2) is 22.3 Å². The fourth-order valence-corrected chi connectivity index (χ4v) is 0.687. The molecule has 1 aromatic carbocycles. The highest BCUT2D eigenvalue weighted by Gasteiger charge is 1.98. The van der Waals surface area contributed by atoms with Crippen LogP contribution >= 0.6 is 0 Å². The van der Waals surface area contributed by atoms with Crippen molar-refractivity contribution in [3.63, 3.8) is 0 Å². The van der Waals surface area contributed by atoms with Gasteiger partial charge in [0.25, 0.3) is 0 Å². The smallest absolute Gasteiger partial charge is 0.336 e. The van der Waals surface area contributed by atoms with E-state index < -0.39 is 12.1 Å². The first-order chi connectivity index (χ1) is 7.95. The molecule has 17 heavy (non-hydrogen) atoms. The summed E-state index contributed by atoms with van der Waals surface area (Å²) in [4.78, 5) is 19.9. The zero-order chi connectivity index (χ0) is 13.3. The number of nitrogens with one attached hydrogen (secondary N) is 2. The molecule has 0 heterocycles. The van der Waals surface area contributed by atoms with Gasteiger partial charge in [-0.15, -0.1) is 0 Å². The number of aromatic hydroxyl groups is 2. The van der Waals surface area contributed by atoms with Crippen LogP contribution in [0.1, 0.15) is 0 Å². The third-order valence-corrected chi connectivity index (χ3v) is 1.24. The zero-order valence-corrected chi connectivity index (χ0v) is 8.54. The normalized spacial score (nSPS) is 7.94. The van der Waals surface area contributed by atoms with Gasteiger partial charge in [-0.25, -0.2) is 14.9 Å². The Morgan fingerprint density at radius 3 is 2.12 bits per heavy atom. The zero-order valence-electron chi connectivity index (χ0n) is 8.54. The maximum atomic E-state index is 10.1. The quantitative estimate of drug-likeness (QED) is 0.317. The standard InChI is InChI=1S/C6H6O2.C3H4N4O2/c7-5-2-1-3-6(8)4-5;4-1-6-3(9)7-2(5)8/h1-4,7-8H;(H4,5,6,7,8,9). The van der Waals surface area contributed by atoms with Crippen molar-refractivity contribution >= 4 is 12.1 Å². The number of imide groups is 1. The minimum Gasteiger partial charge on any atom is -0.508 e. The number of amides is 4. The molecule has 0 aliphatic carbocycles. The lowest BCUT2D eigenvalue weighted by Crippen LogP contribution is -2.40. The topological polar surface area (TPSA) is 148 Å². The van der Waals surface area contributed by atoms with Gasteiger partial charge < -0.3 is 15.9 Å². The van der Waals surface area contributed by atoms with E-state index in [-0.39, 0.29) is 11.5 Å². The number of primary amides is 1. The minimum atomic E-state index is -0.997. The van der Waals surface area contributed by atoms with Crippen molar-refractivity contribution in [1.29, 1.82) is 5.26 Å². The molecule has 0 saturated carbocycles. The van der Waals surface area contributed by atoms with Crippen LogP contribution in [0.3, 0.4) is 0 Å². The van der Waals surface area contributed by atoms with Gasteiger partial charge in [0.05, 0.1) is 0 Å². The monoisotopic (exact) mass is 238 g/mol. The molecule has 0 aliphatic rings. The Labute approximate surface area is 96.3 Å². The van der Waals surface area contributed by atoms with E-state index in [2.05, 4.69) is 5.73 Å². The summed E-state index contributed by atoms with van der Waals surface area (Å²) in [5.74, 6) is 0.176. The Balaban J connectivity index is 0.000000302. The number of hydrogen-bond donors (Lipinski definition) is 5. The minimum absolute atomic E-state index is 0.0880. The number of hydrogen-bond acceptors (Lipinski definition) is 5. The molecule has 0 spiro atoms.